The lowest BCUT2D eigenvalue weighted by molar-refractivity contribution is -0.138. The molecule has 0 saturated heterocycles. The van der Waals surface area contributed by atoms with Gasteiger partial charge in [0.05, 0.1) is 61.1 Å². The van der Waals surface area contributed by atoms with E-state index in [4.69, 9.17) is 46.4 Å². The van der Waals surface area contributed by atoms with Crippen LogP contribution in [0.2, 0.25) is 20.2 Å². The average molecular weight is 1240 g/mol. The first-order valence-corrected chi connectivity index (χ1v) is 25.0. The van der Waals surface area contributed by atoms with E-state index in [1.165, 1.54) is 73.1 Å². The van der Waals surface area contributed by atoms with E-state index in [0.717, 1.165) is 42.5 Å². The number of aromatic amines is 1. The van der Waals surface area contributed by atoms with Gasteiger partial charge in [-0.1, -0.05) is 64.6 Å². The summed E-state index contributed by atoms with van der Waals surface area (Å²) in [5.74, 6) is -4.28. The van der Waals surface area contributed by atoms with Gasteiger partial charge in [0.25, 0.3) is 17.4 Å². The number of benzene rings is 6. The van der Waals surface area contributed by atoms with Crippen LogP contribution in [0.25, 0.3) is 0 Å². The predicted octanol–water partition coefficient (Wildman–Crippen LogP) is 15.9. The molecule has 27 heteroatoms. The Morgan fingerprint density at radius 3 is 1.17 bits per heavy atom. The molecule has 0 bridgehead atoms. The molecular weight excluding hydrogens is 1210 g/mol. The number of carbonyl (C=O) groups excluding carboxylic acids is 2. The molecule has 83 heavy (non-hydrogen) atoms. The van der Waals surface area contributed by atoms with Crippen LogP contribution < -0.4 is 16.2 Å². The number of carboxylic acid groups (broad SMARTS) is 1. The van der Waals surface area contributed by atoms with Crippen molar-refractivity contribution in [3.63, 3.8) is 0 Å². The SMILES string of the molecule is Cc1cc(F)ccc1Cc1cc(C(F)(F)F)c(Cl)cc1C(=O)Nc1cn[nH]c(=O)c1.Cc1cc(F)ccc1Cc1cc(C(F)(F)F)c(Cl)cc1C(=O)Nc1cnnc(Cl)c1.Cc1cc(F)ccc1Cc1cc(C(F)(F)F)c(Cl)cc1C(=O)O. The standard InChI is InChI=1S/C20H13Cl2F4N3O.C20H14ClF4N3O2.C16H11ClF4O2/c1-10-4-13(23)3-2-11(10)5-12-6-16(20(24,25)26)17(21)8-15(12)19(30)28-14-7-18(22)29-27-9-14;1-10-4-13(22)3-2-11(10)5-12-6-16(20(23,24)25)17(21)8-15(12)19(30)27-14-7-18(29)28-26-9-14;1-8-4-11(18)3-2-9(8)5-10-6-13(16(19,20)21)14(17)7-12(10)15(22)23/h2-4,6-9H,5H2,1H3,(H,28,29,30);2-4,6-9H,5H2,1H3,(H2,27,28,29,30);2-4,6-7H,5H2,1H3,(H,22,23). The zero-order valence-electron chi connectivity index (χ0n) is 42.6. The van der Waals surface area contributed by atoms with E-state index in [9.17, 15) is 77.0 Å². The van der Waals surface area contributed by atoms with E-state index < -0.39 is 91.1 Å². The Bertz CT molecular complexity index is 3840. The summed E-state index contributed by atoms with van der Waals surface area (Å²) in [7, 11) is 0. The van der Waals surface area contributed by atoms with Crippen LogP contribution in [-0.4, -0.2) is 43.3 Å². The summed E-state index contributed by atoms with van der Waals surface area (Å²) in [6, 6.07) is 19.1. The Hall–Kier alpha value is -7.99. The molecule has 0 aliphatic rings. The Balaban J connectivity index is 0.000000202. The molecule has 11 nitrogen and oxygen atoms in total. The average Bonchev–Trinajstić information content (AvgIpc) is 3.47. The van der Waals surface area contributed by atoms with E-state index in [1.807, 2.05) is 0 Å². The quantitative estimate of drug-likeness (QED) is 0.0929. The van der Waals surface area contributed by atoms with Gasteiger partial charge in [-0.25, -0.2) is 23.1 Å². The molecule has 0 aliphatic heterocycles. The van der Waals surface area contributed by atoms with Crippen LogP contribution in [-0.2, 0) is 37.8 Å². The lowest BCUT2D eigenvalue weighted by Crippen LogP contribution is -2.18. The Morgan fingerprint density at radius 1 is 0.494 bits per heavy atom. The van der Waals surface area contributed by atoms with Crippen molar-refractivity contribution in [3.8, 4) is 0 Å². The largest absolute Gasteiger partial charge is 0.478 e. The van der Waals surface area contributed by atoms with Gasteiger partial charge in [0.2, 0.25) is 0 Å². The number of anilines is 2. The van der Waals surface area contributed by atoms with Crippen molar-refractivity contribution in [2.45, 2.75) is 58.6 Å². The molecule has 2 amide bonds. The highest BCUT2D eigenvalue weighted by atomic mass is 35.5. The van der Waals surface area contributed by atoms with Crippen LogP contribution >= 0.6 is 46.4 Å². The van der Waals surface area contributed by atoms with E-state index >= 15 is 0 Å². The van der Waals surface area contributed by atoms with Crippen LogP contribution in [0.3, 0.4) is 0 Å². The number of carboxylic acids is 1. The lowest BCUT2D eigenvalue weighted by atomic mass is 9.94. The number of H-pyrrole nitrogens is 1. The maximum atomic E-state index is 13.4. The fraction of sp³-hybridized carbons (Fsp3) is 0.161. The van der Waals surface area contributed by atoms with Gasteiger partial charge < -0.3 is 15.7 Å². The molecule has 0 fully saturated rings. The zero-order valence-corrected chi connectivity index (χ0v) is 45.6. The minimum absolute atomic E-state index is 0.0282. The molecule has 4 N–H and O–H groups in total. The molecule has 434 valence electrons. The van der Waals surface area contributed by atoms with Crippen molar-refractivity contribution in [1.82, 2.24) is 20.4 Å². The van der Waals surface area contributed by atoms with Crippen molar-refractivity contribution in [1.29, 1.82) is 0 Å². The second-order valence-electron chi connectivity index (χ2n) is 18.0. The van der Waals surface area contributed by atoms with Gasteiger partial charge in [0, 0.05) is 23.3 Å². The van der Waals surface area contributed by atoms with Crippen LogP contribution in [0.4, 0.5) is 64.1 Å². The first-order valence-electron chi connectivity index (χ1n) is 23.5. The monoisotopic (exact) mass is 1240 g/mol. The van der Waals surface area contributed by atoms with Gasteiger partial charge in [0.15, 0.2) is 5.15 Å². The molecule has 2 heterocycles. The number of halogens is 16. The highest BCUT2D eigenvalue weighted by molar-refractivity contribution is 6.33. The second-order valence-corrected chi connectivity index (χ2v) is 19.6. The molecule has 0 saturated carbocycles. The molecule has 0 radical (unpaired) electrons. The third-order valence-electron chi connectivity index (χ3n) is 12.1. The van der Waals surface area contributed by atoms with Gasteiger partial charge in [-0.2, -0.15) is 49.7 Å². The van der Waals surface area contributed by atoms with E-state index in [2.05, 4.69) is 31.0 Å². The van der Waals surface area contributed by atoms with E-state index in [0.29, 0.717) is 33.4 Å². The Morgan fingerprint density at radius 2 is 0.843 bits per heavy atom. The minimum atomic E-state index is -4.73. The molecule has 6 aromatic carbocycles. The summed E-state index contributed by atoms with van der Waals surface area (Å²) in [6.07, 6.45) is -11.9. The molecule has 0 atom stereocenters. The number of rotatable bonds is 11. The molecule has 0 unspecified atom stereocenters. The highest BCUT2D eigenvalue weighted by Gasteiger charge is 2.37. The summed E-state index contributed by atoms with van der Waals surface area (Å²) in [5, 5.41) is 25.0. The number of nitrogens with zero attached hydrogens (tertiary/aromatic N) is 3. The van der Waals surface area contributed by atoms with Gasteiger partial charge >= 0.3 is 24.5 Å². The smallest absolute Gasteiger partial charge is 0.417 e. The molecule has 2 aromatic heterocycles. The zero-order chi connectivity index (χ0) is 61.5. The van der Waals surface area contributed by atoms with Crippen LogP contribution in [0.15, 0.2) is 120 Å². The molecular formula is C56H38Cl4F12N6O5. The maximum Gasteiger partial charge on any atom is 0.417 e. The number of aromatic nitrogens is 4. The van der Waals surface area contributed by atoms with Gasteiger partial charge in [-0.3, -0.25) is 14.4 Å². The number of alkyl halides is 9. The lowest BCUT2D eigenvalue weighted by Gasteiger charge is -2.16. The number of hydrogen-bond donors (Lipinski definition) is 4. The molecule has 0 spiro atoms. The topological polar surface area (TPSA) is 167 Å². The Labute approximate surface area is 482 Å². The summed E-state index contributed by atoms with van der Waals surface area (Å²) in [6.45, 7) is 4.84. The van der Waals surface area contributed by atoms with Gasteiger partial charge in [-0.15, -0.1) is 5.10 Å². The van der Waals surface area contributed by atoms with Crippen LogP contribution in [0.5, 0.6) is 0 Å². The first kappa shape index (κ1) is 64.2. The van der Waals surface area contributed by atoms with Crippen molar-refractivity contribution in [2.75, 3.05) is 10.6 Å². The Kier molecular flexibility index (Phi) is 20.5. The molecule has 0 aliphatic carbocycles. The van der Waals surface area contributed by atoms with Crippen LogP contribution in [0.1, 0.15) is 97.8 Å². The number of amides is 2. The van der Waals surface area contributed by atoms with Crippen molar-refractivity contribution in [3.05, 3.63) is 247 Å². The van der Waals surface area contributed by atoms with Crippen molar-refractivity contribution in [2.24, 2.45) is 0 Å². The number of hydrogen-bond acceptors (Lipinski definition) is 7. The fourth-order valence-electron chi connectivity index (χ4n) is 8.01. The van der Waals surface area contributed by atoms with Crippen molar-refractivity contribution >= 4 is 75.6 Å². The molecule has 8 rings (SSSR count). The third-order valence-corrected chi connectivity index (χ3v) is 13.2. The number of aromatic carboxylic acids is 1. The van der Waals surface area contributed by atoms with E-state index in [1.54, 1.807) is 20.8 Å². The van der Waals surface area contributed by atoms with Crippen molar-refractivity contribution < 1.29 is 72.2 Å². The number of carbonyl (C=O) groups is 3. The maximum absolute atomic E-state index is 13.4. The summed E-state index contributed by atoms with van der Waals surface area (Å²) < 4.78 is 159. The fourth-order valence-corrected chi connectivity index (χ4v) is 8.98. The van der Waals surface area contributed by atoms with E-state index in [-0.39, 0.29) is 69.2 Å². The number of aryl methyl sites for hydroxylation is 3. The first-order chi connectivity index (χ1) is 38.7. The third kappa shape index (κ3) is 17.3. The van der Waals surface area contributed by atoms with Gasteiger partial charge in [-0.05, 0) is 163 Å². The molecule has 8 aromatic rings. The second kappa shape index (κ2) is 26.5. The predicted molar refractivity (Wildman–Crippen MR) is 286 cm³/mol. The van der Waals surface area contributed by atoms with Gasteiger partial charge in [0.1, 0.15) is 17.5 Å². The highest BCUT2D eigenvalue weighted by Crippen LogP contribution is 2.40. The van der Waals surface area contributed by atoms with Crippen LogP contribution in [0, 0.1) is 38.2 Å². The summed E-state index contributed by atoms with van der Waals surface area (Å²) in [5.41, 5.74) is -0.762. The normalized spacial score (nSPS) is 11.5. The number of nitrogens with one attached hydrogen (secondary N) is 3. The summed E-state index contributed by atoms with van der Waals surface area (Å²) >= 11 is 22.9. The summed E-state index contributed by atoms with van der Waals surface area (Å²) in [4.78, 5) is 48.1. The minimum Gasteiger partial charge on any atom is -0.478 e.